The lowest BCUT2D eigenvalue weighted by atomic mass is 10.1. The highest BCUT2D eigenvalue weighted by Gasteiger charge is 2.26. The van der Waals surface area contributed by atoms with Crippen LogP contribution in [0, 0.1) is 5.82 Å². The third-order valence-corrected chi connectivity index (χ3v) is 5.87. The van der Waals surface area contributed by atoms with Crippen molar-refractivity contribution in [2.75, 3.05) is 27.3 Å². The van der Waals surface area contributed by atoms with Crippen LogP contribution in [-0.4, -0.2) is 47.7 Å². The lowest BCUT2D eigenvalue weighted by molar-refractivity contribution is 0.0592. The first-order chi connectivity index (χ1) is 16.5. The Kier molecular flexibility index (Phi) is 7.22. The van der Waals surface area contributed by atoms with Crippen molar-refractivity contribution in [2.24, 2.45) is 0 Å². The van der Waals surface area contributed by atoms with E-state index in [4.69, 9.17) is 14.2 Å². The SMILES string of the molecule is COC(=O)c1c(OCc2ccncc2)cc(=O)n2c1CCN(Cc1cc(OC)ccc1F)CC2. The second kappa shape index (κ2) is 10.5. The second-order valence-electron chi connectivity index (χ2n) is 7.94. The fraction of sp³-hybridized carbons (Fsp3) is 0.320. The van der Waals surface area contributed by atoms with Crippen molar-refractivity contribution in [3.05, 3.63) is 87.3 Å². The molecule has 8 nitrogen and oxygen atoms in total. The van der Waals surface area contributed by atoms with Gasteiger partial charge in [-0.25, -0.2) is 9.18 Å². The molecule has 3 heterocycles. The maximum atomic E-state index is 14.4. The number of hydrogen-bond acceptors (Lipinski definition) is 7. The van der Waals surface area contributed by atoms with E-state index < -0.39 is 5.97 Å². The molecule has 9 heteroatoms. The first-order valence-corrected chi connectivity index (χ1v) is 10.9. The van der Waals surface area contributed by atoms with Crippen LogP contribution in [0.3, 0.4) is 0 Å². The normalized spacial score (nSPS) is 13.6. The van der Waals surface area contributed by atoms with Crippen LogP contribution in [-0.2, 0) is 30.9 Å². The number of aromatic nitrogens is 2. The number of ether oxygens (including phenoxy) is 3. The lowest BCUT2D eigenvalue weighted by Gasteiger charge is -2.20. The molecule has 0 fully saturated rings. The van der Waals surface area contributed by atoms with Gasteiger partial charge in [0.1, 0.15) is 29.5 Å². The molecule has 0 saturated heterocycles. The number of benzene rings is 1. The minimum atomic E-state index is -0.569. The number of methoxy groups -OCH3 is 2. The van der Waals surface area contributed by atoms with Gasteiger partial charge in [-0.15, -0.1) is 0 Å². The molecule has 0 spiro atoms. The zero-order valence-corrected chi connectivity index (χ0v) is 19.1. The summed E-state index contributed by atoms with van der Waals surface area (Å²) in [5.74, 6) is -0.121. The van der Waals surface area contributed by atoms with E-state index in [0.717, 1.165) is 5.56 Å². The highest BCUT2D eigenvalue weighted by Crippen LogP contribution is 2.26. The molecular weight excluding hydrogens is 441 g/mol. The van der Waals surface area contributed by atoms with Gasteiger partial charge in [0.25, 0.3) is 5.56 Å². The summed E-state index contributed by atoms with van der Waals surface area (Å²) in [6, 6.07) is 9.55. The topological polar surface area (TPSA) is 82.9 Å². The predicted octanol–water partition coefficient (Wildman–Crippen LogP) is 2.81. The van der Waals surface area contributed by atoms with Crippen LogP contribution in [0.2, 0.25) is 0 Å². The van der Waals surface area contributed by atoms with E-state index in [2.05, 4.69) is 4.98 Å². The largest absolute Gasteiger partial charge is 0.497 e. The summed E-state index contributed by atoms with van der Waals surface area (Å²) in [5, 5.41) is 0. The Morgan fingerprint density at radius 3 is 2.62 bits per heavy atom. The number of rotatable bonds is 7. The fourth-order valence-corrected chi connectivity index (χ4v) is 4.07. The summed E-state index contributed by atoms with van der Waals surface area (Å²) < 4.78 is 32.1. The molecule has 2 aromatic heterocycles. The molecule has 0 aliphatic carbocycles. The Balaban J connectivity index is 1.60. The summed E-state index contributed by atoms with van der Waals surface area (Å²) in [5.41, 5.74) is 1.89. The van der Waals surface area contributed by atoms with E-state index in [1.54, 1.807) is 41.2 Å². The molecule has 4 rings (SSSR count). The van der Waals surface area contributed by atoms with Crippen LogP contribution in [0.1, 0.15) is 27.2 Å². The van der Waals surface area contributed by atoms with E-state index in [0.29, 0.717) is 49.6 Å². The molecule has 1 aromatic carbocycles. The Morgan fingerprint density at radius 1 is 1.09 bits per heavy atom. The molecule has 34 heavy (non-hydrogen) atoms. The van der Waals surface area contributed by atoms with Gasteiger partial charge in [-0.05, 0) is 35.9 Å². The number of hydrogen-bond donors (Lipinski definition) is 0. The highest BCUT2D eigenvalue weighted by atomic mass is 19.1. The molecule has 0 bridgehead atoms. The second-order valence-corrected chi connectivity index (χ2v) is 7.94. The molecule has 0 saturated carbocycles. The number of esters is 1. The minimum absolute atomic E-state index is 0.177. The van der Waals surface area contributed by atoms with Crippen molar-refractivity contribution < 1.29 is 23.4 Å². The Morgan fingerprint density at radius 2 is 1.88 bits per heavy atom. The number of carbonyl (C=O) groups is 1. The van der Waals surface area contributed by atoms with Crippen molar-refractivity contribution in [3.63, 3.8) is 0 Å². The molecule has 0 N–H and O–H groups in total. The number of nitrogens with zero attached hydrogens (tertiary/aromatic N) is 3. The number of carbonyl (C=O) groups excluding carboxylic acids is 1. The van der Waals surface area contributed by atoms with Gasteiger partial charge >= 0.3 is 5.97 Å². The highest BCUT2D eigenvalue weighted by molar-refractivity contribution is 5.93. The molecular formula is C25H26FN3O5. The summed E-state index contributed by atoms with van der Waals surface area (Å²) in [6.45, 7) is 1.92. The minimum Gasteiger partial charge on any atom is -0.497 e. The predicted molar refractivity (Wildman–Crippen MR) is 123 cm³/mol. The van der Waals surface area contributed by atoms with Crippen LogP contribution in [0.4, 0.5) is 4.39 Å². The first-order valence-electron chi connectivity index (χ1n) is 10.9. The maximum Gasteiger partial charge on any atom is 0.343 e. The van der Waals surface area contributed by atoms with Crippen LogP contribution >= 0.6 is 0 Å². The van der Waals surface area contributed by atoms with Gasteiger partial charge in [0.05, 0.1) is 14.2 Å². The van der Waals surface area contributed by atoms with Gasteiger partial charge in [0.2, 0.25) is 0 Å². The average molecular weight is 467 g/mol. The monoisotopic (exact) mass is 467 g/mol. The number of pyridine rings is 2. The van der Waals surface area contributed by atoms with Gasteiger partial charge in [-0.2, -0.15) is 0 Å². The van der Waals surface area contributed by atoms with Gasteiger partial charge in [-0.1, -0.05) is 0 Å². The summed E-state index contributed by atoms with van der Waals surface area (Å²) >= 11 is 0. The van der Waals surface area contributed by atoms with Gasteiger partial charge < -0.3 is 18.8 Å². The molecule has 0 amide bonds. The van der Waals surface area contributed by atoms with E-state index >= 15 is 0 Å². The molecule has 0 atom stereocenters. The average Bonchev–Trinajstić information content (AvgIpc) is 3.07. The molecule has 3 aromatic rings. The Labute approximate surface area is 196 Å². The van der Waals surface area contributed by atoms with Crippen LogP contribution < -0.4 is 15.0 Å². The zero-order valence-electron chi connectivity index (χ0n) is 19.1. The van der Waals surface area contributed by atoms with Gasteiger partial charge in [-0.3, -0.25) is 14.7 Å². The number of halogens is 1. The van der Waals surface area contributed by atoms with Gasteiger partial charge in [0.15, 0.2) is 0 Å². The number of fused-ring (bicyclic) bond motifs is 1. The quantitative estimate of drug-likeness (QED) is 0.494. The molecule has 1 aliphatic heterocycles. The van der Waals surface area contributed by atoms with Crippen molar-refractivity contribution in [1.29, 1.82) is 0 Å². The smallest absolute Gasteiger partial charge is 0.343 e. The van der Waals surface area contributed by atoms with Crippen LogP contribution in [0.15, 0.2) is 53.6 Å². The van der Waals surface area contributed by atoms with E-state index in [-0.39, 0.29) is 29.3 Å². The molecule has 0 radical (unpaired) electrons. The first kappa shape index (κ1) is 23.4. The Hall–Kier alpha value is -3.72. The van der Waals surface area contributed by atoms with E-state index in [1.165, 1.54) is 26.4 Å². The third kappa shape index (κ3) is 5.09. The van der Waals surface area contributed by atoms with Crippen LogP contribution in [0.5, 0.6) is 11.5 Å². The van der Waals surface area contributed by atoms with Crippen molar-refractivity contribution in [1.82, 2.24) is 14.5 Å². The fourth-order valence-electron chi connectivity index (χ4n) is 4.07. The Bertz CT molecular complexity index is 1230. The van der Waals surface area contributed by atoms with E-state index in [9.17, 15) is 14.0 Å². The zero-order chi connectivity index (χ0) is 24.1. The summed E-state index contributed by atoms with van der Waals surface area (Å²) in [4.78, 5) is 31.7. The molecule has 0 unspecified atom stereocenters. The maximum absolute atomic E-state index is 14.4. The van der Waals surface area contributed by atoms with Crippen molar-refractivity contribution >= 4 is 5.97 Å². The standard InChI is InChI=1S/C25H26FN3O5/c1-32-19-3-4-20(26)18(13-19)15-28-10-7-21-24(25(31)33-2)22(14-23(30)29(21)12-11-28)34-16-17-5-8-27-9-6-17/h3-6,8-9,13-14H,7,10-12,15-16H2,1-2H3. The molecule has 178 valence electrons. The molecule has 1 aliphatic rings. The van der Waals surface area contributed by atoms with Crippen LogP contribution in [0.25, 0.3) is 0 Å². The van der Waals surface area contributed by atoms with E-state index in [1.807, 2.05) is 4.90 Å². The lowest BCUT2D eigenvalue weighted by Crippen LogP contribution is -2.29. The summed E-state index contributed by atoms with van der Waals surface area (Å²) in [7, 11) is 2.83. The van der Waals surface area contributed by atoms with Crippen molar-refractivity contribution in [3.8, 4) is 11.5 Å². The van der Waals surface area contributed by atoms with Gasteiger partial charge in [0, 0.05) is 62.3 Å². The third-order valence-electron chi connectivity index (χ3n) is 5.87. The van der Waals surface area contributed by atoms with Crippen molar-refractivity contribution in [2.45, 2.75) is 26.1 Å². The summed E-state index contributed by atoms with van der Waals surface area (Å²) in [6.07, 6.45) is 3.69.